The van der Waals surface area contributed by atoms with E-state index >= 15 is 0 Å². The van der Waals surface area contributed by atoms with Gasteiger partial charge >= 0.3 is 0 Å². The molecule has 3 aromatic rings. The maximum Gasteiger partial charge on any atom is 0.240 e. The van der Waals surface area contributed by atoms with Crippen molar-refractivity contribution in [2.45, 2.75) is 17.9 Å². The van der Waals surface area contributed by atoms with Gasteiger partial charge in [-0.15, -0.1) is 0 Å². The van der Waals surface area contributed by atoms with E-state index in [-0.39, 0.29) is 17.5 Å². The van der Waals surface area contributed by atoms with Gasteiger partial charge in [-0.05, 0) is 36.2 Å². The van der Waals surface area contributed by atoms with Crippen LogP contribution < -0.4 is 10.0 Å². The summed E-state index contributed by atoms with van der Waals surface area (Å²) in [5.41, 5.74) is 3.12. The zero-order valence-electron chi connectivity index (χ0n) is 14.6. The molecule has 0 aromatic heterocycles. The number of rotatable bonds is 7. The van der Waals surface area contributed by atoms with Gasteiger partial charge in [-0.2, -0.15) is 0 Å². The van der Waals surface area contributed by atoms with E-state index in [1.165, 1.54) is 0 Å². The third-order valence-corrected chi connectivity index (χ3v) is 5.65. The minimum Gasteiger partial charge on any atom is -0.377 e. The molecule has 0 radical (unpaired) electrons. The summed E-state index contributed by atoms with van der Waals surface area (Å²) in [4.78, 5) is 0.266. The molecule has 4 nitrogen and oxygen atoms in total. The first-order chi connectivity index (χ1) is 12.6. The summed E-state index contributed by atoms with van der Waals surface area (Å²) in [6, 6.07) is 26.0. The highest BCUT2D eigenvalue weighted by Crippen LogP contribution is 2.22. The van der Waals surface area contributed by atoms with E-state index in [0.717, 1.165) is 16.8 Å². The van der Waals surface area contributed by atoms with Gasteiger partial charge in [0.25, 0.3) is 0 Å². The number of aryl methyl sites for hydroxylation is 1. The van der Waals surface area contributed by atoms with Crippen LogP contribution in [0.2, 0.25) is 0 Å². The van der Waals surface area contributed by atoms with E-state index in [9.17, 15) is 8.42 Å². The lowest BCUT2D eigenvalue weighted by Gasteiger charge is -2.22. The highest BCUT2D eigenvalue weighted by molar-refractivity contribution is 7.89. The van der Waals surface area contributed by atoms with Crippen molar-refractivity contribution in [2.24, 2.45) is 0 Å². The molecule has 0 aliphatic rings. The van der Waals surface area contributed by atoms with Gasteiger partial charge in [0, 0.05) is 12.2 Å². The molecule has 3 rings (SSSR count). The Morgan fingerprint density at radius 3 is 2.04 bits per heavy atom. The molecule has 0 saturated heterocycles. The molecule has 0 aliphatic carbocycles. The molecule has 2 N–H and O–H groups in total. The number of nitrogens with one attached hydrogen (secondary N) is 2. The first kappa shape index (κ1) is 18.2. The molecular formula is C21H22N2O2S. The molecule has 0 bridgehead atoms. The molecule has 0 fully saturated rings. The van der Waals surface area contributed by atoms with Gasteiger partial charge in [-0.25, -0.2) is 13.1 Å². The highest BCUT2D eigenvalue weighted by Gasteiger charge is 2.18. The summed E-state index contributed by atoms with van der Waals surface area (Å²) < 4.78 is 27.8. The average Bonchev–Trinajstić information content (AvgIpc) is 2.68. The van der Waals surface area contributed by atoms with Crippen molar-refractivity contribution in [3.63, 3.8) is 0 Å². The van der Waals surface area contributed by atoms with Crippen molar-refractivity contribution in [3.05, 3.63) is 96.1 Å². The minimum atomic E-state index is -3.56. The van der Waals surface area contributed by atoms with E-state index in [0.29, 0.717) is 0 Å². The lowest BCUT2D eigenvalue weighted by molar-refractivity contribution is 0.576. The second kappa shape index (κ2) is 8.17. The summed E-state index contributed by atoms with van der Waals surface area (Å²) in [6.45, 7) is 2.27. The van der Waals surface area contributed by atoms with Crippen LogP contribution in [-0.2, 0) is 10.0 Å². The van der Waals surface area contributed by atoms with Crippen molar-refractivity contribution >= 4 is 15.7 Å². The van der Waals surface area contributed by atoms with Crippen LogP contribution in [0.25, 0.3) is 0 Å². The Morgan fingerprint density at radius 2 is 1.38 bits per heavy atom. The zero-order valence-corrected chi connectivity index (χ0v) is 15.4. The minimum absolute atomic E-state index is 0.184. The Hall–Kier alpha value is -2.63. The lowest BCUT2D eigenvalue weighted by atomic mass is 10.1. The average molecular weight is 366 g/mol. The zero-order chi connectivity index (χ0) is 18.4. The Labute approximate surface area is 155 Å². The highest BCUT2D eigenvalue weighted by atomic mass is 32.2. The molecule has 0 spiro atoms. The van der Waals surface area contributed by atoms with E-state index in [1.807, 2.05) is 61.5 Å². The summed E-state index contributed by atoms with van der Waals surface area (Å²) >= 11 is 0. The smallest absolute Gasteiger partial charge is 0.240 e. The maximum absolute atomic E-state index is 12.5. The van der Waals surface area contributed by atoms with Crippen LogP contribution in [0, 0.1) is 6.92 Å². The predicted molar refractivity (Wildman–Crippen MR) is 106 cm³/mol. The first-order valence-electron chi connectivity index (χ1n) is 8.48. The van der Waals surface area contributed by atoms with Crippen molar-refractivity contribution in [3.8, 4) is 0 Å². The molecule has 0 heterocycles. The number of hydrogen-bond acceptors (Lipinski definition) is 3. The number of sulfonamides is 1. The fourth-order valence-electron chi connectivity index (χ4n) is 2.74. The first-order valence-corrected chi connectivity index (χ1v) is 9.96. The van der Waals surface area contributed by atoms with Gasteiger partial charge in [0.05, 0.1) is 10.9 Å². The number of benzene rings is 3. The molecule has 5 heteroatoms. The molecule has 134 valence electrons. The SMILES string of the molecule is Cc1ccccc1N[C@@H](CNS(=O)(=O)c1ccccc1)c1ccccc1. The van der Waals surface area contributed by atoms with Gasteiger partial charge in [0.2, 0.25) is 10.0 Å². The topological polar surface area (TPSA) is 58.2 Å². The van der Waals surface area contributed by atoms with Crippen LogP contribution in [0.1, 0.15) is 17.2 Å². The Balaban J connectivity index is 1.82. The summed E-state index contributed by atoms with van der Waals surface area (Å²) in [6.07, 6.45) is 0. The quantitative estimate of drug-likeness (QED) is 0.661. The maximum atomic E-state index is 12.5. The largest absolute Gasteiger partial charge is 0.377 e. The summed E-state index contributed by atoms with van der Waals surface area (Å²) in [7, 11) is -3.56. The number of hydrogen-bond donors (Lipinski definition) is 2. The van der Waals surface area contributed by atoms with Crippen molar-refractivity contribution in [1.82, 2.24) is 4.72 Å². The fourth-order valence-corrected chi connectivity index (χ4v) is 3.80. The fraction of sp³-hybridized carbons (Fsp3) is 0.143. The van der Waals surface area contributed by atoms with Gasteiger partial charge < -0.3 is 5.32 Å². The molecule has 26 heavy (non-hydrogen) atoms. The molecule has 1 atom stereocenters. The van der Waals surface area contributed by atoms with Gasteiger partial charge in [0.15, 0.2) is 0 Å². The van der Waals surface area contributed by atoms with Crippen LogP contribution in [0.4, 0.5) is 5.69 Å². The van der Waals surface area contributed by atoms with E-state index in [2.05, 4.69) is 10.0 Å². The molecule has 0 aliphatic heterocycles. The van der Waals surface area contributed by atoms with E-state index in [1.54, 1.807) is 30.3 Å². The Morgan fingerprint density at radius 1 is 0.808 bits per heavy atom. The predicted octanol–water partition coefficient (Wildman–Crippen LogP) is 4.13. The Bertz CT molecular complexity index is 942. The molecule has 0 saturated carbocycles. The lowest BCUT2D eigenvalue weighted by Crippen LogP contribution is -2.31. The molecule has 0 unspecified atom stereocenters. The molecule has 3 aromatic carbocycles. The van der Waals surface area contributed by atoms with E-state index < -0.39 is 10.0 Å². The molecular weight excluding hydrogens is 344 g/mol. The third-order valence-electron chi connectivity index (χ3n) is 4.21. The van der Waals surface area contributed by atoms with Crippen molar-refractivity contribution < 1.29 is 8.42 Å². The van der Waals surface area contributed by atoms with Crippen LogP contribution >= 0.6 is 0 Å². The van der Waals surface area contributed by atoms with Crippen LogP contribution in [-0.4, -0.2) is 15.0 Å². The van der Waals surface area contributed by atoms with Crippen molar-refractivity contribution in [1.29, 1.82) is 0 Å². The van der Waals surface area contributed by atoms with Gasteiger partial charge in [0.1, 0.15) is 0 Å². The van der Waals surface area contributed by atoms with Crippen molar-refractivity contribution in [2.75, 3.05) is 11.9 Å². The Kier molecular flexibility index (Phi) is 5.71. The van der Waals surface area contributed by atoms with Crippen LogP contribution in [0.3, 0.4) is 0 Å². The molecule has 0 amide bonds. The van der Waals surface area contributed by atoms with Crippen LogP contribution in [0.15, 0.2) is 89.8 Å². The number of anilines is 1. The van der Waals surface area contributed by atoms with E-state index in [4.69, 9.17) is 0 Å². The third kappa shape index (κ3) is 4.50. The van der Waals surface area contributed by atoms with Gasteiger partial charge in [-0.3, -0.25) is 0 Å². The monoisotopic (exact) mass is 366 g/mol. The second-order valence-corrected chi connectivity index (χ2v) is 7.85. The van der Waals surface area contributed by atoms with Gasteiger partial charge in [-0.1, -0.05) is 66.7 Å². The normalized spacial score (nSPS) is 12.5. The summed E-state index contributed by atoms with van der Waals surface area (Å²) in [5.74, 6) is 0. The standard InChI is InChI=1S/C21H22N2O2S/c1-17-10-8-9-15-20(17)23-21(18-11-4-2-5-12-18)16-22-26(24,25)19-13-6-3-7-14-19/h2-15,21-23H,16H2,1H3/t21-/m0/s1. The second-order valence-electron chi connectivity index (χ2n) is 6.09. The number of para-hydroxylation sites is 1. The van der Waals surface area contributed by atoms with Crippen LogP contribution in [0.5, 0.6) is 0 Å². The summed E-state index contributed by atoms with van der Waals surface area (Å²) in [5, 5.41) is 3.46.